The zero-order valence-electron chi connectivity index (χ0n) is 14.1. The van der Waals surface area contributed by atoms with Gasteiger partial charge in [-0.25, -0.2) is 0 Å². The van der Waals surface area contributed by atoms with Crippen LogP contribution in [-0.2, 0) is 14.1 Å². The summed E-state index contributed by atoms with van der Waals surface area (Å²) < 4.78 is 3.03. The summed E-state index contributed by atoms with van der Waals surface area (Å²) in [6.45, 7) is 1.84. The molecule has 2 amide bonds. The van der Waals surface area contributed by atoms with Gasteiger partial charge in [0, 0.05) is 31.8 Å². The second kappa shape index (κ2) is 6.60. The number of amides is 2. The molecule has 0 fully saturated rings. The SMILES string of the molecule is Cc1cc(NC(=O)c2cc(NC(=O)c3ccccc3)n(C)n2)n(C)n1. The first-order valence-electron chi connectivity index (χ1n) is 7.66. The first kappa shape index (κ1) is 16.4. The van der Waals surface area contributed by atoms with Gasteiger partial charge >= 0.3 is 0 Å². The average Bonchev–Trinajstić information content (AvgIpc) is 3.10. The minimum absolute atomic E-state index is 0.199. The predicted molar refractivity (Wildman–Crippen MR) is 93.5 cm³/mol. The van der Waals surface area contributed by atoms with Crippen molar-refractivity contribution < 1.29 is 9.59 Å². The van der Waals surface area contributed by atoms with Crippen LogP contribution < -0.4 is 10.6 Å². The molecule has 2 aromatic heterocycles. The fourth-order valence-electron chi connectivity index (χ4n) is 2.38. The summed E-state index contributed by atoms with van der Waals surface area (Å²) in [6.07, 6.45) is 0. The van der Waals surface area contributed by atoms with Gasteiger partial charge in [0.1, 0.15) is 11.6 Å². The van der Waals surface area contributed by atoms with Crippen LogP contribution in [0.3, 0.4) is 0 Å². The maximum absolute atomic E-state index is 12.4. The monoisotopic (exact) mass is 338 g/mol. The van der Waals surface area contributed by atoms with E-state index >= 15 is 0 Å². The minimum Gasteiger partial charge on any atom is -0.307 e. The Bertz CT molecular complexity index is 926. The van der Waals surface area contributed by atoms with Gasteiger partial charge in [0.15, 0.2) is 5.69 Å². The van der Waals surface area contributed by atoms with Crippen LogP contribution in [0, 0.1) is 6.92 Å². The molecular formula is C17H18N6O2. The van der Waals surface area contributed by atoms with Crippen molar-refractivity contribution in [2.75, 3.05) is 10.6 Å². The Morgan fingerprint density at radius 1 is 0.880 bits per heavy atom. The molecule has 2 heterocycles. The van der Waals surface area contributed by atoms with Crippen molar-refractivity contribution in [1.29, 1.82) is 0 Å². The number of carbonyl (C=O) groups is 2. The Balaban J connectivity index is 1.74. The van der Waals surface area contributed by atoms with Crippen LogP contribution in [-0.4, -0.2) is 31.4 Å². The van der Waals surface area contributed by atoms with Gasteiger partial charge in [-0.1, -0.05) is 18.2 Å². The van der Waals surface area contributed by atoms with E-state index in [2.05, 4.69) is 20.8 Å². The molecule has 25 heavy (non-hydrogen) atoms. The molecule has 3 rings (SSSR count). The van der Waals surface area contributed by atoms with Gasteiger partial charge in [-0.3, -0.25) is 19.0 Å². The molecule has 0 aliphatic rings. The van der Waals surface area contributed by atoms with Gasteiger partial charge < -0.3 is 10.6 Å². The molecule has 0 spiro atoms. The number of nitrogens with one attached hydrogen (secondary N) is 2. The van der Waals surface area contributed by atoms with Gasteiger partial charge in [-0.15, -0.1) is 0 Å². The topological polar surface area (TPSA) is 93.8 Å². The van der Waals surface area contributed by atoms with Crippen LogP contribution >= 0.6 is 0 Å². The smallest absolute Gasteiger partial charge is 0.277 e. The highest BCUT2D eigenvalue weighted by Gasteiger charge is 2.16. The lowest BCUT2D eigenvalue weighted by atomic mass is 10.2. The number of benzene rings is 1. The van der Waals surface area contributed by atoms with Gasteiger partial charge in [-0.2, -0.15) is 10.2 Å². The lowest BCUT2D eigenvalue weighted by Crippen LogP contribution is -2.15. The molecule has 8 nitrogen and oxygen atoms in total. The zero-order chi connectivity index (χ0) is 18.0. The first-order chi connectivity index (χ1) is 11.9. The van der Waals surface area contributed by atoms with Crippen LogP contribution in [0.5, 0.6) is 0 Å². The zero-order valence-corrected chi connectivity index (χ0v) is 14.1. The number of carbonyl (C=O) groups excluding carboxylic acids is 2. The second-order valence-electron chi connectivity index (χ2n) is 5.61. The maximum Gasteiger partial charge on any atom is 0.277 e. The van der Waals surface area contributed by atoms with Crippen molar-refractivity contribution in [3.05, 3.63) is 59.4 Å². The largest absolute Gasteiger partial charge is 0.307 e. The lowest BCUT2D eigenvalue weighted by molar-refractivity contribution is 0.101. The number of hydrogen-bond donors (Lipinski definition) is 2. The Morgan fingerprint density at radius 3 is 2.12 bits per heavy atom. The summed E-state index contributed by atoms with van der Waals surface area (Å²) in [5.41, 5.74) is 1.53. The van der Waals surface area contributed by atoms with Crippen LogP contribution in [0.1, 0.15) is 26.5 Å². The second-order valence-corrected chi connectivity index (χ2v) is 5.61. The van der Waals surface area contributed by atoms with Crippen LogP contribution in [0.4, 0.5) is 11.6 Å². The normalized spacial score (nSPS) is 10.5. The van der Waals surface area contributed by atoms with Crippen molar-refractivity contribution in [2.45, 2.75) is 6.92 Å². The quantitative estimate of drug-likeness (QED) is 0.760. The van der Waals surface area contributed by atoms with Crippen molar-refractivity contribution in [3.63, 3.8) is 0 Å². The Kier molecular flexibility index (Phi) is 4.34. The number of aryl methyl sites for hydroxylation is 3. The highest BCUT2D eigenvalue weighted by molar-refractivity contribution is 6.06. The molecule has 0 saturated carbocycles. The molecule has 0 radical (unpaired) electrons. The van der Waals surface area contributed by atoms with E-state index in [1.807, 2.05) is 13.0 Å². The van der Waals surface area contributed by atoms with Crippen LogP contribution in [0.25, 0.3) is 0 Å². The Labute approximate surface area is 144 Å². The van der Waals surface area contributed by atoms with Gasteiger partial charge in [0.25, 0.3) is 11.8 Å². The van der Waals surface area contributed by atoms with Crippen LogP contribution in [0.2, 0.25) is 0 Å². The van der Waals surface area contributed by atoms with E-state index < -0.39 is 0 Å². The first-order valence-corrected chi connectivity index (χ1v) is 7.66. The lowest BCUT2D eigenvalue weighted by Gasteiger charge is -2.04. The average molecular weight is 338 g/mol. The summed E-state index contributed by atoms with van der Waals surface area (Å²) >= 11 is 0. The van der Waals surface area contributed by atoms with E-state index in [-0.39, 0.29) is 17.5 Å². The molecule has 0 aliphatic carbocycles. The van der Waals surface area contributed by atoms with Gasteiger partial charge in [0.05, 0.1) is 5.69 Å². The predicted octanol–water partition coefficient (Wildman–Crippen LogP) is 1.97. The van der Waals surface area contributed by atoms with E-state index in [9.17, 15) is 9.59 Å². The van der Waals surface area contributed by atoms with E-state index in [4.69, 9.17) is 0 Å². The molecule has 0 saturated heterocycles. The number of nitrogens with zero attached hydrogens (tertiary/aromatic N) is 4. The van der Waals surface area contributed by atoms with E-state index in [0.29, 0.717) is 17.2 Å². The fourth-order valence-corrected chi connectivity index (χ4v) is 2.38. The van der Waals surface area contributed by atoms with Crippen molar-refractivity contribution in [1.82, 2.24) is 19.6 Å². The van der Waals surface area contributed by atoms with Gasteiger partial charge in [-0.05, 0) is 19.1 Å². The molecule has 0 unspecified atom stereocenters. The molecule has 2 N–H and O–H groups in total. The van der Waals surface area contributed by atoms with Crippen molar-refractivity contribution >= 4 is 23.5 Å². The minimum atomic E-state index is -0.376. The standard InChI is InChI=1S/C17H18N6O2/c1-11-9-14(22(2)20-11)19-17(25)13-10-15(23(3)21-13)18-16(24)12-7-5-4-6-8-12/h4-10H,1-3H3,(H,18,24)(H,19,25). The molecule has 8 heteroatoms. The Morgan fingerprint density at radius 2 is 1.48 bits per heavy atom. The number of anilines is 2. The fraction of sp³-hybridized carbons (Fsp3) is 0.176. The van der Waals surface area contributed by atoms with Crippen molar-refractivity contribution in [3.8, 4) is 0 Å². The number of rotatable bonds is 4. The Hall–Kier alpha value is -3.42. The van der Waals surface area contributed by atoms with E-state index in [0.717, 1.165) is 5.69 Å². The third kappa shape index (κ3) is 3.57. The highest BCUT2D eigenvalue weighted by atomic mass is 16.2. The molecule has 1 aromatic carbocycles. The highest BCUT2D eigenvalue weighted by Crippen LogP contribution is 2.14. The molecule has 0 aliphatic heterocycles. The maximum atomic E-state index is 12.4. The third-order valence-corrected chi connectivity index (χ3v) is 3.63. The summed E-state index contributed by atoms with van der Waals surface area (Å²) in [5, 5.41) is 13.8. The molecular weight excluding hydrogens is 320 g/mol. The van der Waals surface area contributed by atoms with E-state index in [1.165, 1.54) is 10.7 Å². The number of hydrogen-bond acceptors (Lipinski definition) is 4. The molecule has 0 bridgehead atoms. The number of aromatic nitrogens is 4. The van der Waals surface area contributed by atoms with Crippen molar-refractivity contribution in [2.24, 2.45) is 14.1 Å². The van der Waals surface area contributed by atoms with Gasteiger partial charge in [0.2, 0.25) is 0 Å². The molecule has 128 valence electrons. The summed E-state index contributed by atoms with van der Waals surface area (Å²) in [4.78, 5) is 24.6. The molecule has 0 atom stereocenters. The third-order valence-electron chi connectivity index (χ3n) is 3.63. The summed E-state index contributed by atoms with van der Waals surface area (Å²) in [5.74, 6) is 0.361. The molecule has 3 aromatic rings. The summed E-state index contributed by atoms with van der Waals surface area (Å²) in [7, 11) is 3.40. The van der Waals surface area contributed by atoms with E-state index in [1.54, 1.807) is 49.1 Å². The summed E-state index contributed by atoms with van der Waals surface area (Å²) in [6, 6.07) is 12.1. The van der Waals surface area contributed by atoms with Crippen LogP contribution in [0.15, 0.2) is 42.5 Å².